The van der Waals surface area contributed by atoms with Crippen molar-refractivity contribution in [3.8, 4) is 11.3 Å². The summed E-state index contributed by atoms with van der Waals surface area (Å²) in [5, 5.41) is 10.8. The zero-order valence-electron chi connectivity index (χ0n) is 21.3. The number of benzene rings is 2. The molecule has 0 unspecified atom stereocenters. The molecule has 1 saturated carbocycles. The van der Waals surface area contributed by atoms with Crippen LogP contribution in [0.1, 0.15) is 73.2 Å². The molecular weight excluding hydrogens is 486 g/mol. The lowest BCUT2D eigenvalue weighted by molar-refractivity contribution is -0.119. The van der Waals surface area contributed by atoms with Crippen LogP contribution in [0.2, 0.25) is 0 Å². The Bertz CT molecular complexity index is 1300. The number of aromatic nitrogens is 1. The highest BCUT2D eigenvalue weighted by atomic mass is 35.5. The van der Waals surface area contributed by atoms with Crippen molar-refractivity contribution >= 4 is 40.9 Å². The highest BCUT2D eigenvalue weighted by Gasteiger charge is 2.33. The van der Waals surface area contributed by atoms with Crippen LogP contribution in [0, 0.1) is 0 Å². The number of aromatic carboxylic acids is 1. The fourth-order valence-electron chi connectivity index (χ4n) is 6.70. The molecule has 3 heterocycles. The van der Waals surface area contributed by atoms with E-state index in [4.69, 9.17) is 0 Å². The van der Waals surface area contributed by atoms with Crippen molar-refractivity contribution < 1.29 is 14.7 Å². The van der Waals surface area contributed by atoms with Crippen LogP contribution in [-0.4, -0.2) is 52.6 Å². The Morgan fingerprint density at radius 2 is 1.65 bits per heavy atom. The van der Waals surface area contributed by atoms with Crippen LogP contribution in [0.4, 0.5) is 5.69 Å². The standard InChI is InChI=1S/C30H35N3O3.ClH/c34-27-20-33-26-19-22(30(35)36)13-14-23(26)28(21-9-3-1-4-10-21)29(33)24-11-5-6-12-25(24)32(27)18-17-31-15-7-2-8-16-31;/h5-6,11-14,19,21H,1-4,7-10,15-18,20H2,(H,35,36);1H. The predicted molar refractivity (Wildman–Crippen MR) is 150 cm³/mol. The number of likely N-dealkylation sites (tertiary alicyclic amines) is 1. The van der Waals surface area contributed by atoms with Crippen molar-refractivity contribution in [3.63, 3.8) is 0 Å². The number of fused-ring (bicyclic) bond motifs is 5. The number of carboxylic acids is 1. The maximum Gasteiger partial charge on any atom is 0.335 e. The highest BCUT2D eigenvalue weighted by Crippen LogP contribution is 2.47. The molecule has 196 valence electrons. The maximum atomic E-state index is 13.8. The number of piperidine rings is 1. The van der Waals surface area contributed by atoms with E-state index in [9.17, 15) is 14.7 Å². The van der Waals surface area contributed by atoms with Crippen molar-refractivity contribution in [1.29, 1.82) is 0 Å². The minimum atomic E-state index is -0.935. The molecule has 37 heavy (non-hydrogen) atoms. The van der Waals surface area contributed by atoms with Gasteiger partial charge in [0.1, 0.15) is 6.54 Å². The highest BCUT2D eigenvalue weighted by molar-refractivity contribution is 6.05. The van der Waals surface area contributed by atoms with Gasteiger partial charge < -0.3 is 19.5 Å². The van der Waals surface area contributed by atoms with Crippen LogP contribution in [0.25, 0.3) is 22.2 Å². The normalized spacial score (nSPS) is 18.7. The van der Waals surface area contributed by atoms with E-state index >= 15 is 0 Å². The molecule has 3 aromatic rings. The van der Waals surface area contributed by atoms with E-state index in [0.29, 0.717) is 12.5 Å². The molecule has 3 aliphatic rings. The second-order valence-corrected chi connectivity index (χ2v) is 10.7. The number of amides is 1. The van der Waals surface area contributed by atoms with Gasteiger partial charge in [-0.1, -0.05) is 49.9 Å². The molecule has 2 aliphatic heterocycles. The van der Waals surface area contributed by atoms with Crippen molar-refractivity contribution in [2.45, 2.75) is 63.8 Å². The number of halogens is 1. The topological polar surface area (TPSA) is 65.8 Å². The Kier molecular flexibility index (Phi) is 7.59. The Balaban J connectivity index is 0.00000280. The van der Waals surface area contributed by atoms with Gasteiger partial charge in [0.25, 0.3) is 0 Å². The minimum absolute atomic E-state index is 0. The number of hydrogen-bond donors (Lipinski definition) is 1. The first-order chi connectivity index (χ1) is 17.6. The Hall–Kier alpha value is -2.83. The largest absolute Gasteiger partial charge is 0.478 e. The van der Waals surface area contributed by atoms with Gasteiger partial charge in [0, 0.05) is 24.0 Å². The zero-order chi connectivity index (χ0) is 24.6. The average Bonchev–Trinajstić information content (AvgIpc) is 3.16. The summed E-state index contributed by atoms with van der Waals surface area (Å²) in [5.41, 5.74) is 5.63. The summed E-state index contributed by atoms with van der Waals surface area (Å²) in [7, 11) is 0. The van der Waals surface area contributed by atoms with E-state index in [1.807, 2.05) is 17.0 Å². The number of nitrogens with zero attached hydrogens (tertiary/aromatic N) is 3. The van der Waals surface area contributed by atoms with Gasteiger partial charge in [-0.2, -0.15) is 0 Å². The number of anilines is 1. The molecular formula is C30H36ClN3O3. The summed E-state index contributed by atoms with van der Waals surface area (Å²) < 4.78 is 2.12. The van der Waals surface area contributed by atoms with Crippen molar-refractivity contribution in [2.24, 2.45) is 0 Å². The molecule has 0 atom stereocenters. The lowest BCUT2D eigenvalue weighted by Crippen LogP contribution is -2.41. The average molecular weight is 522 g/mol. The second-order valence-electron chi connectivity index (χ2n) is 10.7. The molecule has 2 fully saturated rings. The summed E-state index contributed by atoms with van der Waals surface area (Å²) in [5.74, 6) is -0.433. The molecule has 6 rings (SSSR count). The van der Waals surface area contributed by atoms with Crippen LogP contribution in [0.15, 0.2) is 42.5 Å². The summed E-state index contributed by atoms with van der Waals surface area (Å²) in [6, 6.07) is 13.8. The van der Waals surface area contributed by atoms with Crippen molar-refractivity contribution in [3.05, 3.63) is 53.6 Å². The molecule has 2 aromatic carbocycles. The number of rotatable bonds is 5. The SMILES string of the molecule is Cl.O=C(O)c1ccc2c(C3CCCCC3)c3n(c2c1)CC(=O)N(CCN1CCCCC1)c1ccccc1-3. The fourth-order valence-corrected chi connectivity index (χ4v) is 6.70. The molecule has 6 nitrogen and oxygen atoms in total. The van der Waals surface area contributed by atoms with Gasteiger partial charge in [-0.05, 0) is 68.5 Å². The third-order valence-corrected chi connectivity index (χ3v) is 8.50. The first-order valence-electron chi connectivity index (χ1n) is 13.6. The number of carboxylic acid groups (broad SMARTS) is 1. The van der Waals surface area contributed by atoms with Gasteiger partial charge in [-0.15, -0.1) is 12.4 Å². The lowest BCUT2D eigenvalue weighted by atomic mass is 9.81. The predicted octanol–water partition coefficient (Wildman–Crippen LogP) is 6.31. The maximum absolute atomic E-state index is 13.8. The molecule has 7 heteroatoms. The summed E-state index contributed by atoms with van der Waals surface area (Å²) in [6.07, 6.45) is 9.75. The van der Waals surface area contributed by atoms with Crippen LogP contribution in [0.3, 0.4) is 0 Å². The van der Waals surface area contributed by atoms with Gasteiger partial charge >= 0.3 is 5.97 Å². The molecule has 1 aliphatic carbocycles. The molecule has 0 spiro atoms. The molecule has 1 saturated heterocycles. The van der Waals surface area contributed by atoms with Crippen LogP contribution in [-0.2, 0) is 11.3 Å². The first kappa shape index (κ1) is 25.8. The number of para-hydroxylation sites is 1. The molecule has 0 radical (unpaired) electrons. The van der Waals surface area contributed by atoms with Gasteiger partial charge in [0.2, 0.25) is 5.91 Å². The van der Waals surface area contributed by atoms with E-state index < -0.39 is 5.97 Å². The second kappa shape index (κ2) is 10.9. The van der Waals surface area contributed by atoms with Crippen LogP contribution < -0.4 is 4.90 Å². The molecule has 1 amide bonds. The molecule has 1 N–H and O–H groups in total. The van der Waals surface area contributed by atoms with E-state index in [2.05, 4.69) is 27.7 Å². The van der Waals surface area contributed by atoms with E-state index in [1.54, 1.807) is 12.1 Å². The van der Waals surface area contributed by atoms with Crippen molar-refractivity contribution in [2.75, 3.05) is 31.1 Å². The monoisotopic (exact) mass is 521 g/mol. The minimum Gasteiger partial charge on any atom is -0.478 e. The molecule has 0 bridgehead atoms. The van der Waals surface area contributed by atoms with Crippen molar-refractivity contribution in [1.82, 2.24) is 9.47 Å². The van der Waals surface area contributed by atoms with Crippen LogP contribution >= 0.6 is 12.4 Å². The Morgan fingerprint density at radius 1 is 0.919 bits per heavy atom. The Morgan fingerprint density at radius 3 is 2.41 bits per heavy atom. The first-order valence-corrected chi connectivity index (χ1v) is 13.6. The van der Waals surface area contributed by atoms with Crippen LogP contribution in [0.5, 0.6) is 0 Å². The number of carbonyl (C=O) groups is 2. The van der Waals surface area contributed by atoms with E-state index in [1.165, 1.54) is 44.1 Å². The number of hydrogen-bond acceptors (Lipinski definition) is 3. The number of carbonyl (C=O) groups excluding carboxylic acids is 1. The third kappa shape index (κ3) is 4.77. The van der Waals surface area contributed by atoms with Gasteiger partial charge in [0.05, 0.1) is 22.5 Å². The van der Waals surface area contributed by atoms with Gasteiger partial charge in [0.15, 0.2) is 0 Å². The fraction of sp³-hybridized carbons (Fsp3) is 0.467. The summed E-state index contributed by atoms with van der Waals surface area (Å²) in [4.78, 5) is 30.1. The summed E-state index contributed by atoms with van der Waals surface area (Å²) in [6.45, 7) is 4.01. The van der Waals surface area contributed by atoms with E-state index in [0.717, 1.165) is 60.3 Å². The summed E-state index contributed by atoms with van der Waals surface area (Å²) >= 11 is 0. The van der Waals surface area contributed by atoms with Gasteiger partial charge in [-0.25, -0.2) is 4.79 Å². The quantitative estimate of drug-likeness (QED) is 0.427. The van der Waals surface area contributed by atoms with Gasteiger partial charge in [-0.3, -0.25) is 4.79 Å². The molecule has 1 aromatic heterocycles. The third-order valence-electron chi connectivity index (χ3n) is 8.50. The van der Waals surface area contributed by atoms with E-state index in [-0.39, 0.29) is 30.4 Å². The smallest absolute Gasteiger partial charge is 0.335 e. The lowest BCUT2D eigenvalue weighted by Gasteiger charge is -2.30. The zero-order valence-corrected chi connectivity index (χ0v) is 22.1. The Labute approximate surface area is 224 Å².